The van der Waals surface area contributed by atoms with Gasteiger partial charge in [0.05, 0.1) is 0 Å². The number of ketones is 2. The molecule has 0 unspecified atom stereocenters. The third-order valence-corrected chi connectivity index (χ3v) is 8.48. The minimum atomic E-state index is 0. The van der Waals surface area contributed by atoms with E-state index in [2.05, 4.69) is 45.6 Å². The molecule has 0 amide bonds. The van der Waals surface area contributed by atoms with Crippen molar-refractivity contribution < 1.29 is 9.59 Å². The Morgan fingerprint density at radius 1 is 0.658 bits per heavy atom. The van der Waals surface area contributed by atoms with E-state index >= 15 is 0 Å². The molecule has 0 N–H and O–H groups in total. The quantitative estimate of drug-likeness (QED) is 0.244. The molecule has 5 nitrogen and oxygen atoms in total. The number of piperidine rings is 2. The van der Waals surface area contributed by atoms with Crippen molar-refractivity contribution in [3.8, 4) is 0 Å². The predicted octanol–water partition coefficient (Wildman–Crippen LogP) is 7.13. The molecule has 6 heteroatoms. The topological polar surface area (TPSA) is 45.6 Å². The zero-order valence-electron chi connectivity index (χ0n) is 23.1. The van der Waals surface area contributed by atoms with Gasteiger partial charge in [-0.2, -0.15) is 0 Å². The molecule has 206 valence electrons. The number of carbonyl (C=O) groups is 2. The van der Waals surface area contributed by atoms with Crippen molar-refractivity contribution in [2.75, 3.05) is 39.3 Å². The third-order valence-electron chi connectivity index (χ3n) is 8.48. The summed E-state index contributed by atoms with van der Waals surface area (Å²) in [6.07, 6.45) is 10.9. The van der Waals surface area contributed by atoms with Crippen molar-refractivity contribution in [1.82, 2.24) is 14.4 Å². The fraction of sp³-hybridized carbons (Fsp3) is 0.562. The first kappa shape index (κ1) is 28.8. The third kappa shape index (κ3) is 6.67. The molecule has 0 saturated carbocycles. The summed E-state index contributed by atoms with van der Waals surface area (Å²) in [4.78, 5) is 31.2. The molecule has 2 aromatic carbocycles. The summed E-state index contributed by atoms with van der Waals surface area (Å²) < 4.78 is 2.29. The molecule has 2 aliphatic heterocycles. The van der Waals surface area contributed by atoms with Gasteiger partial charge in [-0.15, -0.1) is 12.4 Å². The summed E-state index contributed by atoms with van der Waals surface area (Å²) in [5, 5.41) is 2.17. The van der Waals surface area contributed by atoms with Gasteiger partial charge in [0.25, 0.3) is 0 Å². The smallest absolute Gasteiger partial charge is 0.162 e. The van der Waals surface area contributed by atoms with E-state index in [4.69, 9.17) is 0 Å². The highest BCUT2D eigenvalue weighted by Crippen LogP contribution is 2.31. The number of aromatic nitrogens is 1. The van der Waals surface area contributed by atoms with Gasteiger partial charge in [0, 0.05) is 52.3 Å². The maximum absolute atomic E-state index is 13.1. The van der Waals surface area contributed by atoms with Gasteiger partial charge in [0.15, 0.2) is 11.6 Å². The Morgan fingerprint density at radius 3 is 1.47 bits per heavy atom. The van der Waals surface area contributed by atoms with Gasteiger partial charge in [-0.3, -0.25) is 9.59 Å². The number of hydrogen-bond acceptors (Lipinski definition) is 4. The average Bonchev–Trinajstić information content (AvgIpc) is 3.26. The highest BCUT2D eigenvalue weighted by atomic mass is 35.5. The van der Waals surface area contributed by atoms with Crippen LogP contribution in [0.15, 0.2) is 36.4 Å². The Morgan fingerprint density at radius 2 is 1.08 bits per heavy atom. The lowest BCUT2D eigenvalue weighted by Crippen LogP contribution is -2.30. The van der Waals surface area contributed by atoms with Gasteiger partial charge in [-0.25, -0.2) is 0 Å². The van der Waals surface area contributed by atoms with Crippen LogP contribution in [0, 0.1) is 0 Å². The first-order valence-corrected chi connectivity index (χ1v) is 14.7. The molecule has 3 heterocycles. The standard InChI is InChI=1S/C32H43N3O2.ClH/c1-2-35-29-15-13-25(31(36)11-9-21-33-17-5-3-6-18-33)23-27(29)28-24-26(14-16-30(28)35)32(37)12-10-22-34-19-7-4-8-20-34;/h13-16,23-24H,2-12,17-22H2,1H3;1H. The minimum Gasteiger partial charge on any atom is -0.341 e. The normalized spacial score (nSPS) is 17.1. The number of rotatable bonds is 11. The molecule has 38 heavy (non-hydrogen) atoms. The van der Waals surface area contributed by atoms with Crippen LogP contribution in [0.5, 0.6) is 0 Å². The maximum atomic E-state index is 13.1. The van der Waals surface area contributed by atoms with Crippen LogP contribution in [-0.2, 0) is 6.54 Å². The Hall–Kier alpha value is -2.21. The fourth-order valence-electron chi connectivity index (χ4n) is 6.37. The van der Waals surface area contributed by atoms with E-state index in [1.54, 1.807) is 0 Å². The van der Waals surface area contributed by atoms with Crippen LogP contribution in [0.1, 0.15) is 91.8 Å². The van der Waals surface area contributed by atoms with Crippen molar-refractivity contribution in [3.05, 3.63) is 47.5 Å². The van der Waals surface area contributed by atoms with Crippen LogP contribution >= 0.6 is 12.4 Å². The van der Waals surface area contributed by atoms with E-state index in [1.165, 1.54) is 64.7 Å². The summed E-state index contributed by atoms with van der Waals surface area (Å²) >= 11 is 0. The molecule has 2 aliphatic rings. The Labute approximate surface area is 233 Å². The van der Waals surface area contributed by atoms with Crippen LogP contribution < -0.4 is 0 Å². The number of carbonyl (C=O) groups excluding carboxylic acids is 2. The number of Topliss-reactive ketones (excluding diaryl/α,β-unsaturated/α-hetero) is 2. The van der Waals surface area contributed by atoms with Gasteiger partial charge in [-0.05, 0) is 121 Å². The first-order valence-electron chi connectivity index (χ1n) is 14.7. The maximum Gasteiger partial charge on any atom is 0.162 e. The first-order chi connectivity index (χ1) is 18.1. The van der Waals surface area contributed by atoms with Crippen molar-refractivity contribution in [1.29, 1.82) is 0 Å². The molecule has 0 spiro atoms. The monoisotopic (exact) mass is 537 g/mol. The lowest BCUT2D eigenvalue weighted by atomic mass is 10.0. The van der Waals surface area contributed by atoms with E-state index in [-0.39, 0.29) is 24.0 Å². The molecule has 0 atom stereocenters. The summed E-state index contributed by atoms with van der Waals surface area (Å²) in [6, 6.07) is 12.3. The van der Waals surface area contributed by atoms with Crippen LogP contribution in [0.25, 0.3) is 21.8 Å². The number of nitrogens with zero attached hydrogens (tertiary/aromatic N) is 3. The second-order valence-electron chi connectivity index (χ2n) is 11.1. The van der Waals surface area contributed by atoms with Gasteiger partial charge in [0.2, 0.25) is 0 Å². The largest absolute Gasteiger partial charge is 0.341 e. The average molecular weight is 538 g/mol. The number of hydrogen-bond donors (Lipinski definition) is 0. The highest BCUT2D eigenvalue weighted by Gasteiger charge is 2.17. The van der Waals surface area contributed by atoms with E-state index in [0.717, 1.165) is 65.4 Å². The van der Waals surface area contributed by atoms with Crippen molar-refractivity contribution in [3.63, 3.8) is 0 Å². The number of likely N-dealkylation sites (tertiary alicyclic amines) is 2. The second kappa shape index (κ2) is 13.7. The van der Waals surface area contributed by atoms with Crippen molar-refractivity contribution in [2.45, 2.75) is 77.7 Å². The fourth-order valence-corrected chi connectivity index (χ4v) is 6.37. The molecule has 0 aliphatic carbocycles. The van der Waals surface area contributed by atoms with Crippen LogP contribution in [0.2, 0.25) is 0 Å². The Kier molecular flexibility index (Phi) is 10.4. The summed E-state index contributed by atoms with van der Waals surface area (Å²) in [5.41, 5.74) is 3.85. The van der Waals surface area contributed by atoms with Crippen LogP contribution in [0.4, 0.5) is 0 Å². The lowest BCUT2D eigenvalue weighted by Gasteiger charge is -2.26. The molecular weight excluding hydrogens is 494 g/mol. The van der Waals surface area contributed by atoms with Gasteiger partial charge >= 0.3 is 0 Å². The number of fused-ring (bicyclic) bond motifs is 3. The predicted molar refractivity (Wildman–Crippen MR) is 160 cm³/mol. The van der Waals surface area contributed by atoms with E-state index in [9.17, 15) is 9.59 Å². The number of benzene rings is 2. The molecule has 1 aromatic heterocycles. The number of halogens is 1. The second-order valence-corrected chi connectivity index (χ2v) is 11.1. The van der Waals surface area contributed by atoms with Crippen molar-refractivity contribution >= 4 is 45.8 Å². The SMILES string of the molecule is CCn1c2ccc(C(=O)CCCN3CCCCC3)cc2c2cc(C(=O)CCCN3CCCCC3)ccc21.Cl. The van der Waals surface area contributed by atoms with E-state index in [1.807, 2.05) is 12.1 Å². The zero-order valence-corrected chi connectivity index (χ0v) is 23.9. The molecule has 3 aromatic rings. The molecule has 0 bridgehead atoms. The summed E-state index contributed by atoms with van der Waals surface area (Å²) in [7, 11) is 0. The van der Waals surface area contributed by atoms with E-state index in [0.29, 0.717) is 12.8 Å². The molecule has 2 saturated heterocycles. The lowest BCUT2D eigenvalue weighted by molar-refractivity contribution is 0.0965. The Balaban J connectivity index is 0.00000336. The van der Waals surface area contributed by atoms with E-state index < -0.39 is 0 Å². The summed E-state index contributed by atoms with van der Waals surface area (Å²) in [6.45, 7) is 9.75. The number of aryl methyl sites for hydroxylation is 1. The molecule has 2 fully saturated rings. The Bertz CT molecular complexity index is 1150. The minimum absolute atomic E-state index is 0. The molecular formula is C32H44ClN3O2. The van der Waals surface area contributed by atoms with Gasteiger partial charge in [-0.1, -0.05) is 12.8 Å². The van der Waals surface area contributed by atoms with Gasteiger partial charge < -0.3 is 14.4 Å². The zero-order chi connectivity index (χ0) is 25.6. The van der Waals surface area contributed by atoms with Gasteiger partial charge in [0.1, 0.15) is 0 Å². The summed E-state index contributed by atoms with van der Waals surface area (Å²) in [5.74, 6) is 0.447. The highest BCUT2D eigenvalue weighted by molar-refractivity contribution is 6.13. The molecule has 0 radical (unpaired) electrons. The molecule has 5 rings (SSSR count). The van der Waals surface area contributed by atoms with Crippen LogP contribution in [-0.4, -0.2) is 65.2 Å². The van der Waals surface area contributed by atoms with Crippen molar-refractivity contribution in [2.24, 2.45) is 0 Å². The van der Waals surface area contributed by atoms with Crippen LogP contribution in [0.3, 0.4) is 0 Å².